The van der Waals surface area contributed by atoms with Gasteiger partial charge < -0.3 is 10.2 Å². The van der Waals surface area contributed by atoms with Crippen molar-refractivity contribution in [3.8, 4) is 0 Å². The molecule has 0 spiro atoms. The number of nitrogens with zero attached hydrogens (tertiary/aromatic N) is 1. The molecule has 3 rings (SSSR count). The number of rotatable bonds is 5. The van der Waals surface area contributed by atoms with E-state index in [1.807, 2.05) is 0 Å². The molecule has 7 heteroatoms. The van der Waals surface area contributed by atoms with E-state index in [9.17, 15) is 14.0 Å². The summed E-state index contributed by atoms with van der Waals surface area (Å²) in [5, 5.41) is 3.43. The van der Waals surface area contributed by atoms with Gasteiger partial charge in [0.05, 0.1) is 21.7 Å². The molecule has 2 aromatic rings. The summed E-state index contributed by atoms with van der Waals surface area (Å²) in [6.07, 6.45) is 0.497. The van der Waals surface area contributed by atoms with E-state index in [1.54, 1.807) is 36.4 Å². The van der Waals surface area contributed by atoms with E-state index in [1.165, 1.54) is 11.0 Å². The third-order valence-electron chi connectivity index (χ3n) is 4.37. The standard InChI is InChI=1S/C19H17Cl2FN2O2/c20-14-5-3-7-16(18(14)21)24-11-13(10-17(24)25)19(26)23-9-8-12-4-1-2-6-15(12)22/h1-7,13H,8-11H2,(H,23,26). The Balaban J connectivity index is 1.59. The molecule has 1 atom stereocenters. The third-order valence-corrected chi connectivity index (χ3v) is 5.18. The number of hydrogen-bond donors (Lipinski definition) is 1. The quantitative estimate of drug-likeness (QED) is 0.837. The van der Waals surface area contributed by atoms with E-state index in [0.717, 1.165) is 0 Å². The summed E-state index contributed by atoms with van der Waals surface area (Å²) < 4.78 is 13.6. The predicted molar refractivity (Wildman–Crippen MR) is 100 cm³/mol. The molecule has 1 aliphatic rings. The zero-order valence-corrected chi connectivity index (χ0v) is 15.4. The monoisotopic (exact) mass is 394 g/mol. The van der Waals surface area contributed by atoms with Crippen LogP contribution < -0.4 is 10.2 Å². The largest absolute Gasteiger partial charge is 0.355 e. The fourth-order valence-electron chi connectivity index (χ4n) is 2.98. The number of amides is 2. The summed E-state index contributed by atoms with van der Waals surface area (Å²) in [6.45, 7) is 0.548. The highest BCUT2D eigenvalue weighted by Crippen LogP contribution is 2.35. The van der Waals surface area contributed by atoms with Crippen molar-refractivity contribution in [1.82, 2.24) is 5.32 Å². The fourth-order valence-corrected chi connectivity index (χ4v) is 3.38. The summed E-state index contributed by atoms with van der Waals surface area (Å²) in [6, 6.07) is 11.5. The van der Waals surface area contributed by atoms with Crippen LogP contribution >= 0.6 is 23.2 Å². The maximum absolute atomic E-state index is 13.6. The summed E-state index contributed by atoms with van der Waals surface area (Å²) in [5.41, 5.74) is 1.05. The van der Waals surface area contributed by atoms with Crippen LogP contribution in [0.5, 0.6) is 0 Å². The summed E-state index contributed by atoms with van der Waals surface area (Å²) >= 11 is 12.2. The average Bonchev–Trinajstić information content (AvgIpc) is 3.01. The summed E-state index contributed by atoms with van der Waals surface area (Å²) in [5.74, 6) is -1.17. The number of carbonyl (C=O) groups is 2. The van der Waals surface area contributed by atoms with Crippen molar-refractivity contribution >= 4 is 40.7 Å². The second kappa shape index (κ2) is 8.06. The molecule has 0 aromatic heterocycles. The van der Waals surface area contributed by atoms with Crippen molar-refractivity contribution < 1.29 is 14.0 Å². The maximum atomic E-state index is 13.6. The van der Waals surface area contributed by atoms with Gasteiger partial charge in [-0.1, -0.05) is 47.5 Å². The molecule has 0 saturated carbocycles. The van der Waals surface area contributed by atoms with Crippen LogP contribution in [-0.2, 0) is 16.0 Å². The molecule has 26 heavy (non-hydrogen) atoms. The predicted octanol–water partition coefficient (Wildman–Crippen LogP) is 3.84. The van der Waals surface area contributed by atoms with Crippen molar-refractivity contribution in [2.24, 2.45) is 5.92 Å². The highest BCUT2D eigenvalue weighted by Gasteiger charge is 2.36. The van der Waals surface area contributed by atoms with Gasteiger partial charge in [-0.15, -0.1) is 0 Å². The molecule has 2 aromatic carbocycles. The van der Waals surface area contributed by atoms with Gasteiger partial charge in [-0.25, -0.2) is 4.39 Å². The molecule has 0 aliphatic carbocycles. The van der Waals surface area contributed by atoms with E-state index < -0.39 is 5.92 Å². The van der Waals surface area contributed by atoms with Crippen molar-refractivity contribution in [2.45, 2.75) is 12.8 Å². The Labute approximate surface area is 160 Å². The first-order chi connectivity index (χ1) is 12.5. The minimum absolute atomic E-state index is 0.106. The topological polar surface area (TPSA) is 49.4 Å². The van der Waals surface area contributed by atoms with Crippen LogP contribution in [0.2, 0.25) is 10.0 Å². The van der Waals surface area contributed by atoms with Crippen molar-refractivity contribution in [2.75, 3.05) is 18.0 Å². The van der Waals surface area contributed by atoms with Gasteiger partial charge in [0.1, 0.15) is 5.82 Å². The lowest BCUT2D eigenvalue weighted by Gasteiger charge is -2.18. The van der Waals surface area contributed by atoms with E-state index in [2.05, 4.69) is 5.32 Å². The Morgan fingerprint density at radius 2 is 1.96 bits per heavy atom. The van der Waals surface area contributed by atoms with Gasteiger partial charge in [0.15, 0.2) is 0 Å². The Kier molecular flexibility index (Phi) is 5.79. The number of anilines is 1. The highest BCUT2D eigenvalue weighted by molar-refractivity contribution is 6.44. The Morgan fingerprint density at radius 3 is 2.73 bits per heavy atom. The molecule has 1 aliphatic heterocycles. The van der Waals surface area contributed by atoms with Crippen LogP contribution in [0.25, 0.3) is 0 Å². The van der Waals surface area contributed by atoms with Gasteiger partial charge in [-0.2, -0.15) is 0 Å². The van der Waals surface area contributed by atoms with Crippen molar-refractivity contribution in [1.29, 1.82) is 0 Å². The van der Waals surface area contributed by atoms with Crippen LogP contribution in [0.1, 0.15) is 12.0 Å². The molecule has 1 saturated heterocycles. The van der Waals surface area contributed by atoms with Crippen LogP contribution in [-0.4, -0.2) is 24.9 Å². The van der Waals surface area contributed by atoms with Crippen LogP contribution in [0, 0.1) is 11.7 Å². The smallest absolute Gasteiger partial charge is 0.227 e. The lowest BCUT2D eigenvalue weighted by molar-refractivity contribution is -0.126. The normalized spacial score (nSPS) is 16.8. The van der Waals surface area contributed by atoms with Crippen LogP contribution in [0.3, 0.4) is 0 Å². The molecule has 1 unspecified atom stereocenters. The Hall–Kier alpha value is -2.11. The first kappa shape index (κ1) is 18.7. The molecular weight excluding hydrogens is 378 g/mol. The lowest BCUT2D eigenvalue weighted by atomic mass is 10.1. The first-order valence-electron chi connectivity index (χ1n) is 8.23. The minimum atomic E-state index is -0.474. The number of halogens is 3. The molecular formula is C19H17Cl2FN2O2. The van der Waals surface area contributed by atoms with Crippen molar-refractivity contribution in [3.05, 3.63) is 63.9 Å². The number of carbonyl (C=O) groups excluding carboxylic acids is 2. The fraction of sp³-hybridized carbons (Fsp3) is 0.263. The number of hydrogen-bond acceptors (Lipinski definition) is 2. The zero-order chi connectivity index (χ0) is 18.7. The maximum Gasteiger partial charge on any atom is 0.227 e. The second-order valence-electron chi connectivity index (χ2n) is 6.11. The van der Waals surface area contributed by atoms with Gasteiger partial charge in [0.25, 0.3) is 0 Å². The second-order valence-corrected chi connectivity index (χ2v) is 6.90. The van der Waals surface area contributed by atoms with E-state index in [-0.39, 0.29) is 30.6 Å². The number of benzene rings is 2. The molecule has 1 heterocycles. The SMILES string of the molecule is O=C(NCCc1ccccc1F)C1CC(=O)N(c2cccc(Cl)c2Cl)C1. The summed E-state index contributed by atoms with van der Waals surface area (Å²) in [4.78, 5) is 26.1. The van der Waals surface area contributed by atoms with Gasteiger partial charge in [0, 0.05) is 19.5 Å². The van der Waals surface area contributed by atoms with Crippen molar-refractivity contribution in [3.63, 3.8) is 0 Å². The van der Waals surface area contributed by atoms with Gasteiger partial charge in [-0.05, 0) is 30.2 Å². The Morgan fingerprint density at radius 1 is 1.19 bits per heavy atom. The zero-order valence-electron chi connectivity index (χ0n) is 13.8. The molecule has 4 nitrogen and oxygen atoms in total. The molecule has 0 radical (unpaired) electrons. The van der Waals surface area contributed by atoms with Gasteiger partial charge in [0.2, 0.25) is 11.8 Å². The molecule has 1 N–H and O–H groups in total. The van der Waals surface area contributed by atoms with E-state index >= 15 is 0 Å². The lowest BCUT2D eigenvalue weighted by Crippen LogP contribution is -2.34. The Bertz CT molecular complexity index is 844. The van der Waals surface area contributed by atoms with Crippen LogP contribution in [0.15, 0.2) is 42.5 Å². The number of nitrogens with one attached hydrogen (secondary N) is 1. The highest BCUT2D eigenvalue weighted by atomic mass is 35.5. The van der Waals surface area contributed by atoms with Gasteiger partial charge >= 0.3 is 0 Å². The summed E-state index contributed by atoms with van der Waals surface area (Å²) in [7, 11) is 0. The van der Waals surface area contributed by atoms with Crippen LogP contribution in [0.4, 0.5) is 10.1 Å². The average molecular weight is 395 g/mol. The molecule has 136 valence electrons. The molecule has 2 amide bonds. The molecule has 1 fully saturated rings. The van der Waals surface area contributed by atoms with E-state index in [4.69, 9.17) is 23.2 Å². The minimum Gasteiger partial charge on any atom is -0.355 e. The van der Waals surface area contributed by atoms with E-state index in [0.29, 0.717) is 34.3 Å². The first-order valence-corrected chi connectivity index (χ1v) is 8.98. The molecule has 0 bridgehead atoms. The van der Waals surface area contributed by atoms with Gasteiger partial charge in [-0.3, -0.25) is 9.59 Å². The third kappa shape index (κ3) is 4.00.